The summed E-state index contributed by atoms with van der Waals surface area (Å²) in [5, 5.41) is 7.89. The molecular formula is C29H34N4O3. The lowest BCUT2D eigenvalue weighted by atomic mass is 9.81. The van der Waals surface area contributed by atoms with Gasteiger partial charge < -0.3 is 25.0 Å². The molecule has 2 aliphatic heterocycles. The summed E-state index contributed by atoms with van der Waals surface area (Å²) >= 11 is 0. The smallest absolute Gasteiger partial charge is 0.262 e. The van der Waals surface area contributed by atoms with Crippen LogP contribution in [0.1, 0.15) is 48.3 Å². The van der Waals surface area contributed by atoms with Crippen molar-refractivity contribution in [1.29, 1.82) is 0 Å². The maximum Gasteiger partial charge on any atom is 0.262 e. The molecule has 3 aliphatic rings. The van der Waals surface area contributed by atoms with Gasteiger partial charge in [-0.05, 0) is 98.1 Å². The SMILES string of the molecule is COc1ccc2ncc3c(c2c1)C(CN1CCC(NCc2ccc4c(c2)NC(=O)CO4)CC1)CCC3. The summed E-state index contributed by atoms with van der Waals surface area (Å²) in [6.07, 6.45) is 7.99. The Morgan fingerprint density at radius 1 is 1.17 bits per heavy atom. The second-order valence-electron chi connectivity index (χ2n) is 10.3. The zero-order valence-corrected chi connectivity index (χ0v) is 20.9. The van der Waals surface area contributed by atoms with Gasteiger partial charge in [0, 0.05) is 30.7 Å². The fourth-order valence-corrected chi connectivity index (χ4v) is 6.04. The van der Waals surface area contributed by atoms with Crippen LogP contribution in [0.25, 0.3) is 10.9 Å². The van der Waals surface area contributed by atoms with Crippen molar-refractivity contribution < 1.29 is 14.3 Å². The Kier molecular flexibility index (Phi) is 6.50. The summed E-state index contributed by atoms with van der Waals surface area (Å²) in [5.41, 5.74) is 5.91. The average molecular weight is 487 g/mol. The van der Waals surface area contributed by atoms with Gasteiger partial charge in [0.15, 0.2) is 6.61 Å². The van der Waals surface area contributed by atoms with Crippen LogP contribution < -0.4 is 20.1 Å². The number of pyridine rings is 1. The molecule has 1 aromatic heterocycles. The molecule has 2 aromatic carbocycles. The number of rotatable bonds is 6. The van der Waals surface area contributed by atoms with Crippen LogP contribution in [0.15, 0.2) is 42.6 Å². The maximum atomic E-state index is 11.6. The van der Waals surface area contributed by atoms with Crippen LogP contribution in [-0.2, 0) is 17.8 Å². The Balaban J connectivity index is 1.07. The number of hydrogen-bond donors (Lipinski definition) is 2. The Bertz CT molecular complexity index is 1260. The van der Waals surface area contributed by atoms with E-state index in [0.717, 1.165) is 73.7 Å². The van der Waals surface area contributed by atoms with Gasteiger partial charge in [0.2, 0.25) is 0 Å². The van der Waals surface area contributed by atoms with Crippen LogP contribution in [0, 0.1) is 0 Å². The quantitative estimate of drug-likeness (QED) is 0.543. The Hall–Kier alpha value is -3.16. The van der Waals surface area contributed by atoms with Gasteiger partial charge in [0.25, 0.3) is 5.91 Å². The van der Waals surface area contributed by atoms with Gasteiger partial charge >= 0.3 is 0 Å². The van der Waals surface area contributed by atoms with Crippen molar-refractivity contribution in [2.75, 3.05) is 38.7 Å². The van der Waals surface area contributed by atoms with Crippen LogP contribution >= 0.6 is 0 Å². The molecule has 1 amide bonds. The van der Waals surface area contributed by atoms with E-state index in [-0.39, 0.29) is 12.5 Å². The second-order valence-corrected chi connectivity index (χ2v) is 10.3. The Morgan fingerprint density at radius 2 is 2.06 bits per heavy atom. The molecule has 3 heterocycles. The third-order valence-electron chi connectivity index (χ3n) is 7.94. The number of benzene rings is 2. The van der Waals surface area contributed by atoms with E-state index in [2.05, 4.69) is 39.9 Å². The highest BCUT2D eigenvalue weighted by molar-refractivity contribution is 5.95. The van der Waals surface area contributed by atoms with Crippen LogP contribution in [-0.4, -0.2) is 55.2 Å². The van der Waals surface area contributed by atoms with E-state index < -0.39 is 0 Å². The molecule has 1 saturated heterocycles. The molecule has 0 saturated carbocycles. The van der Waals surface area contributed by atoms with Gasteiger partial charge in [-0.25, -0.2) is 0 Å². The van der Waals surface area contributed by atoms with Crippen molar-refractivity contribution in [2.45, 2.75) is 50.6 Å². The highest BCUT2D eigenvalue weighted by Gasteiger charge is 2.27. The van der Waals surface area contributed by atoms with E-state index in [9.17, 15) is 4.79 Å². The molecule has 188 valence electrons. The number of methoxy groups -OCH3 is 1. The van der Waals surface area contributed by atoms with E-state index in [1.54, 1.807) is 7.11 Å². The molecular weight excluding hydrogens is 452 g/mol. The summed E-state index contributed by atoms with van der Waals surface area (Å²) in [6.45, 7) is 4.23. The molecule has 7 nitrogen and oxygen atoms in total. The molecule has 6 rings (SSSR count). The number of carbonyl (C=O) groups excluding carboxylic acids is 1. The predicted octanol–water partition coefficient (Wildman–Crippen LogP) is 4.25. The second kappa shape index (κ2) is 10.1. The number of anilines is 1. The number of ether oxygens (including phenoxy) is 2. The lowest BCUT2D eigenvalue weighted by Gasteiger charge is -2.36. The predicted molar refractivity (Wildman–Crippen MR) is 141 cm³/mol. The van der Waals surface area contributed by atoms with Gasteiger partial charge in [-0.2, -0.15) is 0 Å². The zero-order valence-electron chi connectivity index (χ0n) is 20.9. The van der Waals surface area contributed by atoms with Crippen LogP contribution in [0.5, 0.6) is 11.5 Å². The fraction of sp³-hybridized carbons (Fsp3) is 0.448. The Labute approximate surface area is 212 Å². The number of aromatic nitrogens is 1. The lowest BCUT2D eigenvalue weighted by Crippen LogP contribution is -2.43. The van der Waals surface area contributed by atoms with Crippen LogP contribution in [0.2, 0.25) is 0 Å². The number of likely N-dealkylation sites (tertiary alicyclic amines) is 1. The molecule has 36 heavy (non-hydrogen) atoms. The van der Waals surface area contributed by atoms with E-state index in [4.69, 9.17) is 14.5 Å². The lowest BCUT2D eigenvalue weighted by molar-refractivity contribution is -0.118. The molecule has 1 unspecified atom stereocenters. The summed E-state index contributed by atoms with van der Waals surface area (Å²) in [5.74, 6) is 2.11. The van der Waals surface area contributed by atoms with Gasteiger partial charge in [0.1, 0.15) is 11.5 Å². The number of carbonyl (C=O) groups is 1. The van der Waals surface area contributed by atoms with Crippen molar-refractivity contribution >= 4 is 22.5 Å². The van der Waals surface area contributed by atoms with Crippen molar-refractivity contribution in [1.82, 2.24) is 15.2 Å². The number of hydrogen-bond acceptors (Lipinski definition) is 6. The topological polar surface area (TPSA) is 75.7 Å². The molecule has 1 atom stereocenters. The van der Waals surface area contributed by atoms with Crippen LogP contribution in [0.3, 0.4) is 0 Å². The minimum Gasteiger partial charge on any atom is -0.497 e. The van der Waals surface area contributed by atoms with E-state index in [0.29, 0.717) is 12.0 Å². The molecule has 3 aromatic rings. The molecule has 0 radical (unpaired) electrons. The first kappa shape index (κ1) is 23.3. The summed E-state index contributed by atoms with van der Waals surface area (Å²) in [4.78, 5) is 19.0. The van der Waals surface area contributed by atoms with Gasteiger partial charge in [-0.15, -0.1) is 0 Å². The highest BCUT2D eigenvalue weighted by Crippen LogP contribution is 2.38. The summed E-state index contributed by atoms with van der Waals surface area (Å²) < 4.78 is 11.0. The number of nitrogens with zero attached hydrogens (tertiary/aromatic N) is 2. The normalized spacial score (nSPS) is 20.4. The van der Waals surface area contributed by atoms with Crippen molar-refractivity contribution in [2.24, 2.45) is 0 Å². The van der Waals surface area contributed by atoms with Gasteiger partial charge in [-0.3, -0.25) is 9.78 Å². The first-order chi connectivity index (χ1) is 17.7. The first-order valence-corrected chi connectivity index (χ1v) is 13.1. The van der Waals surface area contributed by atoms with E-state index in [1.807, 2.05) is 18.2 Å². The van der Waals surface area contributed by atoms with Gasteiger partial charge in [0.05, 0.1) is 18.3 Å². The molecule has 0 spiro atoms. The number of aryl methyl sites for hydroxylation is 1. The van der Waals surface area contributed by atoms with Crippen molar-refractivity contribution in [3.63, 3.8) is 0 Å². The zero-order chi connectivity index (χ0) is 24.5. The third-order valence-corrected chi connectivity index (χ3v) is 7.94. The minimum absolute atomic E-state index is 0.0935. The molecule has 1 aliphatic carbocycles. The highest BCUT2D eigenvalue weighted by atomic mass is 16.5. The van der Waals surface area contributed by atoms with Crippen molar-refractivity contribution in [3.8, 4) is 11.5 Å². The number of nitrogens with one attached hydrogen (secondary N) is 2. The van der Waals surface area contributed by atoms with Crippen molar-refractivity contribution in [3.05, 3.63) is 59.3 Å². The molecule has 0 bridgehead atoms. The van der Waals surface area contributed by atoms with Crippen LogP contribution in [0.4, 0.5) is 5.69 Å². The monoisotopic (exact) mass is 486 g/mol. The molecule has 1 fully saturated rings. The molecule has 7 heteroatoms. The largest absolute Gasteiger partial charge is 0.497 e. The standard InChI is InChI=1S/C29H34N4O3/c1-35-23-6-7-25-24(14-23)29-20(16-31-25)3-2-4-21(29)17-33-11-9-22(10-12-33)30-15-19-5-8-27-26(13-19)32-28(34)18-36-27/h5-8,13-14,16,21-22,30H,2-4,9-12,15,17-18H2,1H3,(H,32,34). The van der Waals surface area contributed by atoms with Gasteiger partial charge in [-0.1, -0.05) is 6.07 Å². The van der Waals surface area contributed by atoms with E-state index in [1.165, 1.54) is 29.4 Å². The number of fused-ring (bicyclic) bond motifs is 4. The first-order valence-electron chi connectivity index (χ1n) is 13.1. The Morgan fingerprint density at radius 3 is 2.92 bits per heavy atom. The summed E-state index contributed by atoms with van der Waals surface area (Å²) in [7, 11) is 1.73. The number of piperidine rings is 1. The molecule has 2 N–H and O–H groups in total. The minimum atomic E-state index is -0.0935. The average Bonchev–Trinajstić information content (AvgIpc) is 2.92. The summed E-state index contributed by atoms with van der Waals surface area (Å²) in [6, 6.07) is 12.8. The van der Waals surface area contributed by atoms with E-state index >= 15 is 0 Å². The number of amides is 1. The maximum absolute atomic E-state index is 11.6. The fourth-order valence-electron chi connectivity index (χ4n) is 6.04. The third kappa shape index (κ3) is 4.77.